The number of carbonyl (C=O) groups is 3. The van der Waals surface area contributed by atoms with Crippen LogP contribution in [-0.4, -0.2) is 22.8 Å². The number of hydroxylamine groups is 2. The number of hydrogen-bond donors (Lipinski definition) is 0. The molecule has 5 heteroatoms. The zero-order chi connectivity index (χ0) is 21.3. The smallest absolute Gasteiger partial charge is 0.325 e. The highest BCUT2D eigenvalue weighted by Gasteiger charge is 2.62. The van der Waals surface area contributed by atoms with Gasteiger partial charge in [-0.1, -0.05) is 66.2 Å². The molecule has 2 bridgehead atoms. The first-order valence-corrected chi connectivity index (χ1v) is 10.4. The van der Waals surface area contributed by atoms with Crippen molar-refractivity contribution in [3.63, 3.8) is 0 Å². The summed E-state index contributed by atoms with van der Waals surface area (Å²) in [6, 6.07) is 22.9. The zero-order valence-corrected chi connectivity index (χ0v) is 16.8. The van der Waals surface area contributed by atoms with Crippen molar-refractivity contribution >= 4 is 17.8 Å². The minimum Gasteiger partial charge on any atom is -0.325 e. The topological polar surface area (TPSA) is 63.7 Å². The lowest BCUT2D eigenvalue weighted by Crippen LogP contribution is -2.41. The number of hydrogen-bond acceptors (Lipinski definition) is 4. The van der Waals surface area contributed by atoms with Gasteiger partial charge in [0, 0.05) is 11.8 Å². The highest BCUT2D eigenvalue weighted by atomic mass is 16.7. The van der Waals surface area contributed by atoms with Crippen LogP contribution in [0.5, 0.6) is 0 Å². The number of benzene rings is 3. The van der Waals surface area contributed by atoms with E-state index in [9.17, 15) is 14.4 Å². The molecule has 152 valence electrons. The van der Waals surface area contributed by atoms with Gasteiger partial charge in [-0.25, -0.2) is 4.79 Å². The monoisotopic (exact) mass is 409 g/mol. The lowest BCUT2D eigenvalue weighted by atomic mass is 9.55. The number of carbonyl (C=O) groups excluding carboxylic acids is 3. The van der Waals surface area contributed by atoms with Crippen molar-refractivity contribution in [2.75, 3.05) is 0 Å². The van der Waals surface area contributed by atoms with Crippen LogP contribution < -0.4 is 0 Å². The molecule has 1 fully saturated rings. The van der Waals surface area contributed by atoms with E-state index >= 15 is 0 Å². The van der Waals surface area contributed by atoms with Crippen LogP contribution in [0.15, 0.2) is 72.8 Å². The third kappa shape index (κ3) is 2.40. The maximum atomic E-state index is 13.4. The molecule has 3 aromatic rings. The van der Waals surface area contributed by atoms with E-state index in [0.717, 1.165) is 32.9 Å². The van der Waals surface area contributed by atoms with Crippen LogP contribution in [0.1, 0.15) is 50.0 Å². The Balaban J connectivity index is 1.42. The molecule has 0 spiro atoms. The minimum atomic E-state index is -0.702. The molecule has 0 aromatic heterocycles. The summed E-state index contributed by atoms with van der Waals surface area (Å²) >= 11 is 0. The molecule has 0 saturated carbocycles. The molecule has 0 radical (unpaired) electrons. The van der Waals surface area contributed by atoms with Gasteiger partial charge in [0.2, 0.25) is 0 Å². The molecule has 0 unspecified atom stereocenters. The summed E-state index contributed by atoms with van der Waals surface area (Å²) in [5, 5.41) is 0.720. The van der Waals surface area contributed by atoms with E-state index in [-0.39, 0.29) is 11.8 Å². The fourth-order valence-corrected chi connectivity index (χ4v) is 5.65. The second-order valence-corrected chi connectivity index (χ2v) is 8.48. The molecular weight excluding hydrogens is 390 g/mol. The van der Waals surface area contributed by atoms with Crippen molar-refractivity contribution in [1.82, 2.24) is 5.06 Å². The molecule has 2 atom stereocenters. The summed E-state index contributed by atoms with van der Waals surface area (Å²) in [4.78, 5) is 44.9. The van der Waals surface area contributed by atoms with E-state index < -0.39 is 29.6 Å². The van der Waals surface area contributed by atoms with Crippen LogP contribution >= 0.6 is 0 Å². The average Bonchev–Trinajstić information content (AvgIpc) is 3.04. The van der Waals surface area contributed by atoms with Crippen LogP contribution in [-0.2, 0) is 14.4 Å². The summed E-state index contributed by atoms with van der Waals surface area (Å²) in [6.45, 7) is 1.86. The predicted molar refractivity (Wildman–Crippen MR) is 112 cm³/mol. The highest BCUT2D eigenvalue weighted by molar-refractivity contribution is 6.08. The number of imide groups is 1. The third-order valence-corrected chi connectivity index (χ3v) is 6.84. The molecule has 1 heterocycles. The molecule has 5 nitrogen and oxygen atoms in total. The van der Waals surface area contributed by atoms with Crippen molar-refractivity contribution in [2.24, 2.45) is 11.8 Å². The molecule has 2 amide bonds. The second-order valence-electron chi connectivity index (χ2n) is 8.48. The Labute approximate surface area is 179 Å². The van der Waals surface area contributed by atoms with Crippen LogP contribution in [0, 0.1) is 18.8 Å². The Kier molecular flexibility index (Phi) is 3.72. The quantitative estimate of drug-likeness (QED) is 0.601. The van der Waals surface area contributed by atoms with Gasteiger partial charge in [-0.3, -0.25) is 9.59 Å². The number of rotatable bonds is 2. The van der Waals surface area contributed by atoms with Gasteiger partial charge in [0.1, 0.15) is 0 Å². The van der Waals surface area contributed by atoms with Gasteiger partial charge >= 0.3 is 5.97 Å². The average molecular weight is 409 g/mol. The molecular formula is C26H19NO4. The molecule has 1 aliphatic heterocycles. The second kappa shape index (κ2) is 6.38. The van der Waals surface area contributed by atoms with Crippen molar-refractivity contribution in [3.05, 3.63) is 106 Å². The van der Waals surface area contributed by atoms with Gasteiger partial charge in [-0.05, 0) is 41.3 Å². The Morgan fingerprint density at radius 2 is 1.23 bits per heavy atom. The van der Waals surface area contributed by atoms with E-state index in [1.165, 1.54) is 0 Å². The Morgan fingerprint density at radius 1 is 0.742 bits per heavy atom. The van der Waals surface area contributed by atoms with E-state index in [4.69, 9.17) is 4.84 Å². The van der Waals surface area contributed by atoms with E-state index in [1.54, 1.807) is 18.2 Å². The number of amides is 2. The molecule has 3 aromatic carbocycles. The summed E-state index contributed by atoms with van der Waals surface area (Å²) in [5.41, 5.74) is 5.54. The highest BCUT2D eigenvalue weighted by Crippen LogP contribution is 2.60. The molecule has 1 saturated heterocycles. The molecule has 3 aliphatic carbocycles. The first kappa shape index (κ1) is 18.1. The maximum absolute atomic E-state index is 13.4. The van der Waals surface area contributed by atoms with Gasteiger partial charge < -0.3 is 4.84 Å². The fraction of sp³-hybridized carbons (Fsp3) is 0.192. The summed E-state index contributed by atoms with van der Waals surface area (Å²) in [5.74, 6) is -3.14. The van der Waals surface area contributed by atoms with Gasteiger partial charge in [0.05, 0.1) is 17.4 Å². The van der Waals surface area contributed by atoms with Gasteiger partial charge in [0.15, 0.2) is 0 Å². The van der Waals surface area contributed by atoms with Crippen LogP contribution in [0.2, 0.25) is 0 Å². The van der Waals surface area contributed by atoms with Gasteiger partial charge in [0.25, 0.3) is 11.8 Å². The van der Waals surface area contributed by atoms with Crippen LogP contribution in [0.25, 0.3) is 0 Å². The van der Waals surface area contributed by atoms with Crippen molar-refractivity contribution in [2.45, 2.75) is 18.8 Å². The Morgan fingerprint density at radius 3 is 1.68 bits per heavy atom. The molecule has 4 aliphatic rings. The first-order chi connectivity index (χ1) is 15.1. The number of aryl methyl sites for hydroxylation is 1. The molecule has 7 rings (SSSR count). The normalized spacial score (nSPS) is 25.1. The van der Waals surface area contributed by atoms with Gasteiger partial charge in [-0.2, -0.15) is 0 Å². The van der Waals surface area contributed by atoms with E-state index in [1.807, 2.05) is 61.5 Å². The van der Waals surface area contributed by atoms with E-state index in [0.29, 0.717) is 5.56 Å². The van der Waals surface area contributed by atoms with E-state index in [2.05, 4.69) is 0 Å². The molecule has 31 heavy (non-hydrogen) atoms. The van der Waals surface area contributed by atoms with Crippen LogP contribution in [0.4, 0.5) is 0 Å². The summed E-state index contributed by atoms with van der Waals surface area (Å²) in [6.07, 6.45) is 0. The van der Waals surface area contributed by atoms with Crippen molar-refractivity contribution in [3.8, 4) is 0 Å². The Bertz CT molecular complexity index is 1160. The molecule has 0 N–H and O–H groups in total. The van der Waals surface area contributed by atoms with Crippen LogP contribution in [0.3, 0.4) is 0 Å². The van der Waals surface area contributed by atoms with Crippen molar-refractivity contribution in [1.29, 1.82) is 0 Å². The summed E-state index contributed by atoms with van der Waals surface area (Å²) in [7, 11) is 0. The lowest BCUT2D eigenvalue weighted by molar-refractivity contribution is -0.174. The largest absolute Gasteiger partial charge is 0.363 e. The minimum absolute atomic E-state index is 0.221. The predicted octanol–water partition coefficient (Wildman–Crippen LogP) is 3.96. The summed E-state index contributed by atoms with van der Waals surface area (Å²) < 4.78 is 0. The maximum Gasteiger partial charge on any atom is 0.363 e. The SMILES string of the molecule is Cc1cccc(C(=O)ON2C(=O)[C@H]3C4c5ccccc5C(c5ccccc54)[C@@H]3C2=O)c1. The standard InChI is InChI=1S/C26H19NO4/c1-14-7-6-8-15(13-14)26(30)31-27-24(28)22-20-16-9-2-3-10-17(16)21(23(22)25(27)29)19-12-5-4-11-18(19)20/h2-13,20-23H,1H3/t20?,21?,22-,23-/m0/s1. The first-order valence-electron chi connectivity index (χ1n) is 10.4. The third-order valence-electron chi connectivity index (χ3n) is 6.84. The van der Waals surface area contributed by atoms with Crippen molar-refractivity contribution < 1.29 is 19.2 Å². The lowest BCUT2D eigenvalue weighted by Gasteiger charge is -2.45. The number of nitrogens with zero attached hydrogens (tertiary/aromatic N) is 1. The fourth-order valence-electron chi connectivity index (χ4n) is 5.65. The van der Waals surface area contributed by atoms with Gasteiger partial charge in [-0.15, -0.1) is 5.06 Å². The Hall–Kier alpha value is -3.73. The zero-order valence-electron chi connectivity index (χ0n) is 16.8.